The summed E-state index contributed by atoms with van der Waals surface area (Å²) in [5, 5.41) is 0. The Labute approximate surface area is 256 Å². The third-order valence-electron chi connectivity index (χ3n) is 10.1. The van der Waals surface area contributed by atoms with Crippen molar-refractivity contribution in [1.82, 2.24) is 0 Å². The Morgan fingerprint density at radius 3 is 0.927 bits per heavy atom. The van der Waals surface area contributed by atoms with E-state index in [1.807, 2.05) is 0 Å². The molecule has 1 aliphatic carbocycles. The molecule has 0 fully saturated rings. The van der Waals surface area contributed by atoms with Crippen LogP contribution in [0.1, 0.15) is 192 Å². The molecule has 0 atom stereocenters. The second-order valence-electron chi connectivity index (χ2n) is 13.5. The largest absolute Gasteiger partial charge is 0.0654 e. The van der Waals surface area contributed by atoms with Crippen LogP contribution in [0, 0.1) is 0 Å². The maximum absolute atomic E-state index is 2.47. The molecule has 3 rings (SSSR count). The predicted octanol–water partition coefficient (Wildman–Crippen LogP) is 14.1. The van der Waals surface area contributed by atoms with Crippen molar-refractivity contribution < 1.29 is 0 Å². The molecule has 2 aromatic carbocycles. The van der Waals surface area contributed by atoms with Gasteiger partial charge in [0.05, 0.1) is 0 Å². The Bertz CT molecular complexity index is 832. The molecule has 2 aromatic rings. The van der Waals surface area contributed by atoms with E-state index >= 15 is 0 Å². The van der Waals surface area contributed by atoms with Gasteiger partial charge in [-0.25, -0.2) is 0 Å². The van der Waals surface area contributed by atoms with Gasteiger partial charge in [0.25, 0.3) is 0 Å². The lowest BCUT2D eigenvalue weighted by Gasteiger charge is -2.33. The molecule has 0 nitrogen and oxygen atoms in total. The summed E-state index contributed by atoms with van der Waals surface area (Å²) in [5.74, 6) is 0. The summed E-state index contributed by atoms with van der Waals surface area (Å²) in [6, 6.07) is 18.8. The first-order valence-electron chi connectivity index (χ1n) is 18.5. The minimum atomic E-state index is 0.240. The monoisotopic (exact) mass is 559 g/mol. The summed E-state index contributed by atoms with van der Waals surface area (Å²) in [5.41, 5.74) is 6.53. The van der Waals surface area contributed by atoms with E-state index in [2.05, 4.69) is 62.4 Å². The summed E-state index contributed by atoms with van der Waals surface area (Å²) in [7, 11) is 0. The minimum absolute atomic E-state index is 0.240. The average molecular weight is 559 g/mol. The van der Waals surface area contributed by atoms with Gasteiger partial charge < -0.3 is 0 Å². The first-order chi connectivity index (χ1) is 20.3. The van der Waals surface area contributed by atoms with Gasteiger partial charge in [-0.05, 0) is 35.1 Å². The molecule has 0 saturated carbocycles. The zero-order chi connectivity index (χ0) is 28.9. The molecule has 0 radical (unpaired) electrons. The van der Waals surface area contributed by atoms with E-state index < -0.39 is 0 Å². The highest BCUT2D eigenvalue weighted by atomic mass is 14.4. The second-order valence-corrected chi connectivity index (χ2v) is 13.5. The van der Waals surface area contributed by atoms with Gasteiger partial charge in [-0.15, -0.1) is 0 Å². The molecule has 0 saturated heterocycles. The van der Waals surface area contributed by atoms with Crippen LogP contribution in [0.25, 0.3) is 11.1 Å². The van der Waals surface area contributed by atoms with Gasteiger partial charge in [0.2, 0.25) is 0 Å². The fourth-order valence-corrected chi connectivity index (χ4v) is 7.61. The van der Waals surface area contributed by atoms with Crippen molar-refractivity contribution in [2.75, 3.05) is 0 Å². The average Bonchev–Trinajstić information content (AvgIpc) is 3.28. The normalized spacial score (nSPS) is 13.4. The zero-order valence-corrected chi connectivity index (χ0v) is 27.5. The van der Waals surface area contributed by atoms with Crippen LogP contribution < -0.4 is 0 Å². The lowest BCUT2D eigenvalue weighted by molar-refractivity contribution is 0.397. The predicted molar refractivity (Wildman–Crippen MR) is 184 cm³/mol. The van der Waals surface area contributed by atoms with E-state index in [0.717, 1.165) is 0 Å². The Morgan fingerprint density at radius 2 is 0.610 bits per heavy atom. The van der Waals surface area contributed by atoms with Crippen LogP contribution in [-0.4, -0.2) is 0 Å². The number of benzene rings is 2. The maximum atomic E-state index is 2.47. The second kappa shape index (κ2) is 21.2. The van der Waals surface area contributed by atoms with Crippen molar-refractivity contribution in [3.8, 4) is 11.1 Å². The van der Waals surface area contributed by atoms with E-state index in [-0.39, 0.29) is 5.41 Å². The van der Waals surface area contributed by atoms with E-state index in [0.29, 0.717) is 0 Å². The minimum Gasteiger partial charge on any atom is -0.0654 e. The summed E-state index contributed by atoms with van der Waals surface area (Å²) < 4.78 is 0. The van der Waals surface area contributed by atoms with E-state index in [1.54, 1.807) is 11.1 Å². The molecule has 41 heavy (non-hydrogen) atoms. The van der Waals surface area contributed by atoms with Crippen LogP contribution in [0.3, 0.4) is 0 Å². The van der Waals surface area contributed by atoms with Crippen molar-refractivity contribution in [2.24, 2.45) is 0 Å². The Kier molecular flexibility index (Phi) is 17.5. The van der Waals surface area contributed by atoms with E-state index in [4.69, 9.17) is 0 Å². The van der Waals surface area contributed by atoms with Crippen molar-refractivity contribution in [3.05, 3.63) is 59.7 Å². The molecular weight excluding hydrogens is 492 g/mol. The standard InChI is InChI=1S/C41H66/c1-3-5-7-9-11-13-15-17-19-21-23-29-35-41(36-30-24-22-20-18-16-14-12-10-8-6-4-2)39-33-27-25-31-37(39)38-32-26-28-34-40(38)41/h25-28,31-34H,3-24,29-30,35-36H2,1-2H3. The fourth-order valence-electron chi connectivity index (χ4n) is 7.61. The van der Waals surface area contributed by atoms with Crippen molar-refractivity contribution in [3.63, 3.8) is 0 Å². The highest BCUT2D eigenvalue weighted by Gasteiger charge is 2.41. The van der Waals surface area contributed by atoms with Crippen molar-refractivity contribution in [2.45, 2.75) is 186 Å². The summed E-state index contributed by atoms with van der Waals surface area (Å²) in [6.07, 6.45) is 37.0. The lowest BCUT2D eigenvalue weighted by Crippen LogP contribution is -2.25. The molecule has 0 N–H and O–H groups in total. The van der Waals surface area contributed by atoms with Gasteiger partial charge in [-0.1, -0.05) is 216 Å². The van der Waals surface area contributed by atoms with Gasteiger partial charge >= 0.3 is 0 Å². The molecule has 0 spiro atoms. The van der Waals surface area contributed by atoms with Gasteiger partial charge in [-0.3, -0.25) is 0 Å². The molecule has 1 aliphatic rings. The quantitative estimate of drug-likeness (QED) is 0.101. The number of rotatable bonds is 26. The van der Waals surface area contributed by atoms with Crippen molar-refractivity contribution in [1.29, 1.82) is 0 Å². The molecule has 0 bridgehead atoms. The number of hydrogen-bond donors (Lipinski definition) is 0. The summed E-state index contributed by atoms with van der Waals surface area (Å²) in [6.45, 7) is 4.62. The Hall–Kier alpha value is -1.56. The highest BCUT2D eigenvalue weighted by molar-refractivity contribution is 5.80. The van der Waals surface area contributed by atoms with E-state index in [9.17, 15) is 0 Å². The molecule has 0 aromatic heterocycles. The molecular formula is C41H66. The van der Waals surface area contributed by atoms with Crippen LogP contribution >= 0.6 is 0 Å². The fraction of sp³-hybridized carbons (Fsp3) is 0.707. The third-order valence-corrected chi connectivity index (χ3v) is 10.1. The first-order valence-corrected chi connectivity index (χ1v) is 18.5. The topological polar surface area (TPSA) is 0 Å². The molecule has 0 heteroatoms. The van der Waals surface area contributed by atoms with Crippen LogP contribution in [0.5, 0.6) is 0 Å². The Balaban J connectivity index is 1.42. The summed E-state index contributed by atoms with van der Waals surface area (Å²) in [4.78, 5) is 0. The van der Waals surface area contributed by atoms with Crippen LogP contribution in [0.15, 0.2) is 48.5 Å². The molecule has 0 heterocycles. The molecule has 0 aliphatic heterocycles. The van der Waals surface area contributed by atoms with Crippen LogP contribution in [0.4, 0.5) is 0 Å². The maximum Gasteiger partial charge on any atom is 0.0215 e. The molecule has 230 valence electrons. The number of unbranched alkanes of at least 4 members (excludes halogenated alkanes) is 22. The van der Waals surface area contributed by atoms with Gasteiger partial charge in [0.15, 0.2) is 0 Å². The SMILES string of the molecule is CCCCCCCCCCCCCCC1(CCCCCCCCCCCCCC)c2ccccc2-c2ccccc21. The molecule has 0 amide bonds. The Morgan fingerprint density at radius 1 is 0.341 bits per heavy atom. The number of hydrogen-bond acceptors (Lipinski definition) is 0. The molecule has 0 unspecified atom stereocenters. The van der Waals surface area contributed by atoms with Gasteiger partial charge in [-0.2, -0.15) is 0 Å². The summed E-state index contributed by atoms with van der Waals surface area (Å²) >= 11 is 0. The third kappa shape index (κ3) is 11.6. The lowest BCUT2D eigenvalue weighted by atomic mass is 9.70. The van der Waals surface area contributed by atoms with Crippen LogP contribution in [-0.2, 0) is 5.41 Å². The van der Waals surface area contributed by atoms with Crippen LogP contribution in [0.2, 0.25) is 0 Å². The highest BCUT2D eigenvalue weighted by Crippen LogP contribution is 2.54. The van der Waals surface area contributed by atoms with Gasteiger partial charge in [0, 0.05) is 5.41 Å². The number of fused-ring (bicyclic) bond motifs is 3. The van der Waals surface area contributed by atoms with E-state index in [1.165, 1.54) is 178 Å². The zero-order valence-electron chi connectivity index (χ0n) is 27.5. The smallest absolute Gasteiger partial charge is 0.0215 e. The van der Waals surface area contributed by atoms with Crippen molar-refractivity contribution >= 4 is 0 Å². The first kappa shape index (κ1) is 33.9. The van der Waals surface area contributed by atoms with Gasteiger partial charge in [0.1, 0.15) is 0 Å².